The second-order valence-corrected chi connectivity index (χ2v) is 14.2. The molecule has 0 spiro atoms. The molecule has 0 radical (unpaired) electrons. The van der Waals surface area contributed by atoms with Crippen molar-refractivity contribution in [1.29, 1.82) is 0 Å². The highest BCUT2D eigenvalue weighted by atomic mass is 16.6. The van der Waals surface area contributed by atoms with E-state index in [2.05, 4.69) is 39.2 Å². The van der Waals surface area contributed by atoms with E-state index in [1.54, 1.807) is 19.3 Å². The first kappa shape index (κ1) is 34.5. The molecule has 2 aliphatic carbocycles. The molecule has 0 saturated carbocycles. The third kappa shape index (κ3) is 6.49. The van der Waals surface area contributed by atoms with Crippen LogP contribution in [0.15, 0.2) is 65.5 Å². The van der Waals surface area contributed by atoms with E-state index in [-0.39, 0.29) is 46.1 Å². The van der Waals surface area contributed by atoms with Crippen LogP contribution in [0, 0.1) is 31.1 Å². The van der Waals surface area contributed by atoms with Gasteiger partial charge in [-0.15, -0.1) is 6.58 Å². The van der Waals surface area contributed by atoms with Crippen LogP contribution >= 0.6 is 0 Å². The van der Waals surface area contributed by atoms with Crippen LogP contribution in [0.2, 0.25) is 0 Å². The number of Topliss-reactive ketones (excluding diaryl/α,β-unsaturated/α-hetero) is 2. The zero-order valence-corrected chi connectivity index (χ0v) is 28.2. The molecule has 2 aromatic carbocycles. The summed E-state index contributed by atoms with van der Waals surface area (Å²) in [6, 6.07) is 6.69. The van der Waals surface area contributed by atoms with E-state index in [9.17, 15) is 29.8 Å². The summed E-state index contributed by atoms with van der Waals surface area (Å²) < 4.78 is 17.4. The fourth-order valence-electron chi connectivity index (χ4n) is 7.22. The molecule has 1 aliphatic heterocycles. The summed E-state index contributed by atoms with van der Waals surface area (Å²) in [7, 11) is 3.06. The summed E-state index contributed by atoms with van der Waals surface area (Å²) in [5, 5.41) is 23.2. The van der Waals surface area contributed by atoms with Crippen LogP contribution in [0.5, 0.6) is 17.2 Å². The quantitative estimate of drug-likeness (QED) is 0.136. The minimum absolute atomic E-state index is 0.0241. The highest BCUT2D eigenvalue weighted by Crippen LogP contribution is 2.55. The Kier molecular flexibility index (Phi) is 9.33. The summed E-state index contributed by atoms with van der Waals surface area (Å²) in [5.41, 5.74) is 2.55. The van der Waals surface area contributed by atoms with Gasteiger partial charge in [-0.2, -0.15) is 0 Å². The summed E-state index contributed by atoms with van der Waals surface area (Å²) in [6.45, 7) is 13.1. The van der Waals surface area contributed by atoms with Crippen molar-refractivity contribution in [3.05, 3.63) is 96.9 Å². The van der Waals surface area contributed by atoms with E-state index in [0.29, 0.717) is 61.1 Å². The second kappa shape index (κ2) is 13.0. The van der Waals surface area contributed by atoms with Crippen molar-refractivity contribution < 1.29 is 33.6 Å². The molecule has 0 saturated heterocycles. The minimum atomic E-state index is -0.748. The van der Waals surface area contributed by atoms with Gasteiger partial charge < -0.3 is 19.1 Å². The second-order valence-electron chi connectivity index (χ2n) is 14.2. The molecule has 3 aliphatic rings. The van der Waals surface area contributed by atoms with Gasteiger partial charge in [-0.3, -0.25) is 29.8 Å². The molecule has 12 nitrogen and oxygen atoms in total. The highest BCUT2D eigenvalue weighted by Gasteiger charge is 2.49. The Morgan fingerprint density at radius 3 is 2.00 bits per heavy atom. The number of nitro groups is 2. The SMILES string of the molecule is C=CCc1cc(C2C3=C(CC(C)(C)CC3=O)N(CCOC)C3=C2C(=O)CC(C)(C)C3)cc(OC)c1Oc1ccc([N+](=O)[O-])cc1[N+](=O)[O-]. The minimum Gasteiger partial charge on any atom is -0.493 e. The molecule has 0 amide bonds. The molecule has 0 bridgehead atoms. The Bertz CT molecular complexity index is 1730. The van der Waals surface area contributed by atoms with Crippen molar-refractivity contribution in [1.82, 2.24) is 4.90 Å². The van der Waals surface area contributed by atoms with E-state index in [1.807, 2.05) is 6.07 Å². The molecular weight excluding hydrogens is 618 g/mol. The molecule has 0 unspecified atom stereocenters. The fourth-order valence-corrected chi connectivity index (χ4v) is 7.22. The largest absolute Gasteiger partial charge is 0.493 e. The van der Waals surface area contributed by atoms with E-state index in [0.717, 1.165) is 23.5 Å². The van der Waals surface area contributed by atoms with E-state index < -0.39 is 27.1 Å². The van der Waals surface area contributed by atoms with Crippen molar-refractivity contribution >= 4 is 22.9 Å². The number of non-ortho nitro benzene ring substituents is 1. The predicted molar refractivity (Wildman–Crippen MR) is 178 cm³/mol. The number of carbonyl (C=O) groups is 2. The van der Waals surface area contributed by atoms with Gasteiger partial charge in [-0.1, -0.05) is 39.8 Å². The number of rotatable bonds is 11. The summed E-state index contributed by atoms with van der Waals surface area (Å²) in [5.74, 6) is -0.548. The van der Waals surface area contributed by atoms with Crippen LogP contribution < -0.4 is 9.47 Å². The fraction of sp³-hybridized carbons (Fsp3) is 0.444. The number of nitrogens with zero attached hydrogens (tertiary/aromatic N) is 3. The van der Waals surface area contributed by atoms with Crippen LogP contribution in [-0.4, -0.2) is 53.7 Å². The Hall–Kier alpha value is -4.84. The van der Waals surface area contributed by atoms with Gasteiger partial charge in [-0.25, -0.2) is 0 Å². The van der Waals surface area contributed by atoms with Crippen molar-refractivity contribution in [3.63, 3.8) is 0 Å². The summed E-state index contributed by atoms with van der Waals surface area (Å²) >= 11 is 0. The van der Waals surface area contributed by atoms with Gasteiger partial charge in [-0.05, 0) is 47.8 Å². The maximum absolute atomic E-state index is 14.2. The van der Waals surface area contributed by atoms with Crippen molar-refractivity contribution in [2.45, 2.75) is 65.7 Å². The lowest BCUT2D eigenvalue weighted by Gasteiger charge is -2.49. The lowest BCUT2D eigenvalue weighted by molar-refractivity contribution is -0.394. The molecule has 0 atom stereocenters. The topological polar surface area (TPSA) is 151 Å². The molecule has 254 valence electrons. The molecule has 2 aromatic rings. The lowest BCUT2D eigenvalue weighted by atomic mass is 9.63. The van der Waals surface area contributed by atoms with Crippen LogP contribution in [0.25, 0.3) is 0 Å². The first-order valence-electron chi connectivity index (χ1n) is 15.8. The molecule has 0 aromatic heterocycles. The van der Waals surface area contributed by atoms with E-state index in [4.69, 9.17) is 14.2 Å². The van der Waals surface area contributed by atoms with Gasteiger partial charge >= 0.3 is 5.69 Å². The third-order valence-corrected chi connectivity index (χ3v) is 9.17. The number of methoxy groups -OCH3 is 2. The van der Waals surface area contributed by atoms with Gasteiger partial charge in [0.1, 0.15) is 0 Å². The van der Waals surface area contributed by atoms with Crippen molar-refractivity contribution in [2.75, 3.05) is 27.4 Å². The zero-order chi connectivity index (χ0) is 35.1. The zero-order valence-electron chi connectivity index (χ0n) is 28.2. The van der Waals surface area contributed by atoms with Gasteiger partial charge in [0, 0.05) is 66.6 Å². The maximum atomic E-state index is 14.2. The predicted octanol–water partition coefficient (Wildman–Crippen LogP) is 7.36. The van der Waals surface area contributed by atoms with Crippen LogP contribution in [0.1, 0.15) is 70.4 Å². The van der Waals surface area contributed by atoms with Crippen molar-refractivity contribution in [2.24, 2.45) is 10.8 Å². The molecule has 0 fully saturated rings. The standard InChI is InChI=1S/C36H41N3O9/c1-8-9-21-14-22(15-30(47-7)34(21)48-29-11-10-23(38(42)43)16-24(29)39(44)45)31-32-25(17-35(2,3)19-27(32)40)37(12-13-46-6)26-18-36(4,5)20-28(41)33(26)31/h8,10-11,14-16,31H,1,9,12-13,17-20H2,2-7H3. The average molecular weight is 660 g/mol. The Morgan fingerprint density at radius 2 is 1.50 bits per heavy atom. The first-order chi connectivity index (χ1) is 22.6. The Balaban J connectivity index is 1.74. The molecule has 0 N–H and O–H groups in total. The number of carbonyl (C=O) groups excluding carboxylic acids is 2. The summed E-state index contributed by atoms with van der Waals surface area (Å²) in [6.07, 6.45) is 3.82. The number of ketones is 2. The Morgan fingerprint density at radius 1 is 0.896 bits per heavy atom. The molecule has 5 rings (SSSR count). The number of hydrogen-bond acceptors (Lipinski definition) is 10. The average Bonchev–Trinajstić information content (AvgIpc) is 2.99. The lowest BCUT2D eigenvalue weighted by Crippen LogP contribution is -2.45. The molecular formula is C36H41N3O9. The van der Waals surface area contributed by atoms with Gasteiger partial charge in [0.15, 0.2) is 23.1 Å². The smallest absolute Gasteiger partial charge is 0.318 e. The van der Waals surface area contributed by atoms with Gasteiger partial charge in [0.25, 0.3) is 5.69 Å². The van der Waals surface area contributed by atoms with Gasteiger partial charge in [0.05, 0.1) is 29.6 Å². The molecule has 12 heteroatoms. The third-order valence-electron chi connectivity index (χ3n) is 9.17. The van der Waals surface area contributed by atoms with Crippen LogP contribution in [0.4, 0.5) is 11.4 Å². The normalized spacial score (nSPS) is 18.8. The van der Waals surface area contributed by atoms with Gasteiger partial charge in [0.2, 0.25) is 5.75 Å². The number of ether oxygens (including phenoxy) is 3. The highest BCUT2D eigenvalue weighted by molar-refractivity contribution is 6.07. The Labute approximate surface area is 279 Å². The number of nitro benzene ring substituents is 2. The molecule has 48 heavy (non-hydrogen) atoms. The van der Waals surface area contributed by atoms with Crippen LogP contribution in [-0.2, 0) is 20.7 Å². The number of hydrogen-bond donors (Lipinski definition) is 0. The van der Waals surface area contributed by atoms with E-state index in [1.165, 1.54) is 13.2 Å². The summed E-state index contributed by atoms with van der Waals surface area (Å²) in [4.78, 5) is 52.2. The first-order valence-corrected chi connectivity index (χ1v) is 15.8. The van der Waals surface area contributed by atoms with E-state index >= 15 is 0 Å². The van der Waals surface area contributed by atoms with Crippen molar-refractivity contribution in [3.8, 4) is 17.2 Å². The van der Waals surface area contributed by atoms with Crippen LogP contribution in [0.3, 0.4) is 0 Å². The monoisotopic (exact) mass is 659 g/mol. The maximum Gasteiger partial charge on any atom is 0.318 e. The molecule has 1 heterocycles. The number of benzene rings is 2. The number of allylic oxidation sites excluding steroid dienone is 5.